The zero-order valence-electron chi connectivity index (χ0n) is 13.2. The minimum atomic E-state index is -4.08. The third kappa shape index (κ3) is 4.09. The minimum absolute atomic E-state index is 0.0738. The van der Waals surface area contributed by atoms with Crippen LogP contribution in [-0.2, 0) is 14.8 Å². The second kappa shape index (κ2) is 7.12. The van der Waals surface area contributed by atoms with Crippen molar-refractivity contribution in [2.24, 2.45) is 0 Å². The first-order valence-corrected chi connectivity index (χ1v) is 8.76. The van der Waals surface area contributed by atoms with Crippen LogP contribution in [0.25, 0.3) is 0 Å². The number of nitrogens with one attached hydrogen (secondary N) is 1. The van der Waals surface area contributed by atoms with Crippen LogP contribution in [0.4, 0.5) is 5.69 Å². The number of carboxylic acids is 1. The first-order chi connectivity index (χ1) is 11.7. The molecule has 7 nitrogen and oxygen atoms in total. The molecule has 2 N–H and O–H groups in total. The van der Waals surface area contributed by atoms with Crippen LogP contribution in [0, 0.1) is 6.92 Å². The van der Waals surface area contributed by atoms with E-state index >= 15 is 0 Å². The van der Waals surface area contributed by atoms with Crippen LogP contribution < -0.4 is 4.72 Å². The Hall–Kier alpha value is -2.58. The molecule has 2 aromatic carbocycles. The lowest BCUT2D eigenvalue weighted by molar-refractivity contribution is 0.0600. The zero-order chi connectivity index (χ0) is 18.8. The summed E-state index contributed by atoms with van der Waals surface area (Å²) in [6.45, 7) is 1.66. The highest BCUT2D eigenvalue weighted by Gasteiger charge is 2.20. The minimum Gasteiger partial charge on any atom is -0.478 e. The number of sulfonamides is 1. The third-order valence-electron chi connectivity index (χ3n) is 3.38. The molecule has 0 spiro atoms. The van der Waals surface area contributed by atoms with Crippen LogP contribution in [0.1, 0.15) is 26.3 Å². The van der Waals surface area contributed by atoms with Gasteiger partial charge in [0.25, 0.3) is 10.0 Å². The van der Waals surface area contributed by atoms with Gasteiger partial charge in [0.2, 0.25) is 0 Å². The number of esters is 1. The number of halogens is 1. The van der Waals surface area contributed by atoms with Crippen LogP contribution in [0.2, 0.25) is 5.02 Å². The number of hydrogen-bond donors (Lipinski definition) is 2. The zero-order valence-corrected chi connectivity index (χ0v) is 14.8. The number of carbonyl (C=O) groups excluding carboxylic acids is 1. The van der Waals surface area contributed by atoms with Crippen molar-refractivity contribution < 1.29 is 27.9 Å². The van der Waals surface area contributed by atoms with Gasteiger partial charge in [0.05, 0.1) is 33.8 Å². The van der Waals surface area contributed by atoms with Gasteiger partial charge in [0, 0.05) is 0 Å². The van der Waals surface area contributed by atoms with Crippen molar-refractivity contribution in [1.82, 2.24) is 0 Å². The van der Waals surface area contributed by atoms with Gasteiger partial charge in [-0.05, 0) is 42.8 Å². The number of aryl methyl sites for hydroxylation is 1. The Morgan fingerprint density at radius 2 is 1.84 bits per heavy atom. The molecular formula is C16H14ClNO6S. The Morgan fingerprint density at radius 3 is 2.44 bits per heavy atom. The molecule has 0 radical (unpaired) electrons. The Balaban J connectivity index is 2.44. The summed E-state index contributed by atoms with van der Waals surface area (Å²) >= 11 is 5.75. The number of methoxy groups -OCH3 is 1. The van der Waals surface area contributed by atoms with Crippen LogP contribution in [0.5, 0.6) is 0 Å². The fourth-order valence-electron chi connectivity index (χ4n) is 2.02. The normalized spacial score (nSPS) is 11.0. The summed E-state index contributed by atoms with van der Waals surface area (Å²) in [6.07, 6.45) is 0. The SMILES string of the molecule is COC(=O)c1ccc(C)c(NS(=O)(=O)c2ccc(Cl)c(C(=O)O)c2)c1. The highest BCUT2D eigenvalue weighted by atomic mass is 35.5. The molecule has 0 aliphatic carbocycles. The molecule has 2 rings (SSSR count). The maximum absolute atomic E-state index is 12.5. The van der Waals surface area contributed by atoms with Crippen molar-refractivity contribution in [3.8, 4) is 0 Å². The summed E-state index contributed by atoms with van der Waals surface area (Å²) in [5.41, 5.74) is 0.594. The topological polar surface area (TPSA) is 110 Å². The molecule has 0 saturated carbocycles. The summed E-state index contributed by atoms with van der Waals surface area (Å²) < 4.78 is 32.0. The smallest absolute Gasteiger partial charge is 0.337 e. The molecule has 0 amide bonds. The lowest BCUT2D eigenvalue weighted by atomic mass is 10.1. The highest BCUT2D eigenvalue weighted by molar-refractivity contribution is 7.92. The van der Waals surface area contributed by atoms with E-state index in [-0.39, 0.29) is 26.7 Å². The van der Waals surface area contributed by atoms with Gasteiger partial charge in [0.1, 0.15) is 0 Å². The summed E-state index contributed by atoms with van der Waals surface area (Å²) in [4.78, 5) is 22.4. The van der Waals surface area contributed by atoms with Gasteiger partial charge in [-0.25, -0.2) is 18.0 Å². The van der Waals surface area contributed by atoms with Gasteiger partial charge in [0.15, 0.2) is 0 Å². The fraction of sp³-hybridized carbons (Fsp3) is 0.125. The Morgan fingerprint density at radius 1 is 1.16 bits per heavy atom. The Labute approximate surface area is 149 Å². The largest absolute Gasteiger partial charge is 0.478 e. The van der Waals surface area contributed by atoms with Crippen LogP contribution in [0.3, 0.4) is 0 Å². The summed E-state index contributed by atoms with van der Waals surface area (Å²) in [6, 6.07) is 7.76. The highest BCUT2D eigenvalue weighted by Crippen LogP contribution is 2.24. The van der Waals surface area contributed by atoms with Crippen molar-refractivity contribution in [2.75, 3.05) is 11.8 Å². The second-order valence-corrected chi connectivity index (χ2v) is 7.16. The van der Waals surface area contributed by atoms with E-state index in [4.69, 9.17) is 16.7 Å². The molecule has 132 valence electrons. The van der Waals surface area contributed by atoms with E-state index in [1.54, 1.807) is 13.0 Å². The molecule has 0 unspecified atom stereocenters. The number of anilines is 1. The van der Waals surface area contributed by atoms with Crippen molar-refractivity contribution in [1.29, 1.82) is 0 Å². The number of carboxylic acid groups (broad SMARTS) is 1. The van der Waals surface area contributed by atoms with Crippen molar-refractivity contribution in [2.45, 2.75) is 11.8 Å². The van der Waals surface area contributed by atoms with E-state index in [0.29, 0.717) is 5.56 Å². The van der Waals surface area contributed by atoms with Crippen molar-refractivity contribution in [3.05, 3.63) is 58.1 Å². The van der Waals surface area contributed by atoms with E-state index in [2.05, 4.69) is 9.46 Å². The van der Waals surface area contributed by atoms with Gasteiger partial charge >= 0.3 is 11.9 Å². The van der Waals surface area contributed by atoms with E-state index in [1.165, 1.54) is 31.4 Å². The van der Waals surface area contributed by atoms with Crippen molar-refractivity contribution >= 4 is 39.3 Å². The lowest BCUT2D eigenvalue weighted by Gasteiger charge is -2.12. The van der Waals surface area contributed by atoms with Gasteiger partial charge in [-0.1, -0.05) is 17.7 Å². The molecule has 9 heteroatoms. The lowest BCUT2D eigenvalue weighted by Crippen LogP contribution is -2.15. The van der Waals surface area contributed by atoms with Crippen LogP contribution in [0.15, 0.2) is 41.3 Å². The monoisotopic (exact) mass is 383 g/mol. The van der Waals surface area contributed by atoms with Gasteiger partial charge < -0.3 is 9.84 Å². The number of benzene rings is 2. The first kappa shape index (κ1) is 18.8. The third-order valence-corrected chi connectivity index (χ3v) is 5.07. The molecule has 0 fully saturated rings. The van der Waals surface area contributed by atoms with Crippen LogP contribution in [-0.4, -0.2) is 32.6 Å². The number of ether oxygens (including phenoxy) is 1. The summed E-state index contributed by atoms with van der Waals surface area (Å²) in [5, 5.41) is 8.99. The van der Waals surface area contributed by atoms with Gasteiger partial charge in [-0.2, -0.15) is 0 Å². The molecule has 0 aliphatic heterocycles. The molecule has 0 atom stereocenters. The molecule has 0 aliphatic rings. The molecule has 2 aromatic rings. The quantitative estimate of drug-likeness (QED) is 0.768. The van der Waals surface area contributed by atoms with Gasteiger partial charge in [-0.3, -0.25) is 4.72 Å². The number of rotatable bonds is 5. The van der Waals surface area contributed by atoms with E-state index < -0.39 is 22.0 Å². The second-order valence-electron chi connectivity index (χ2n) is 5.07. The standard InChI is InChI=1S/C16H14ClNO6S/c1-9-3-4-10(16(21)24-2)7-14(9)18-25(22,23)11-5-6-13(17)12(8-11)15(19)20/h3-8,18H,1-2H3,(H,19,20). The predicted octanol–water partition coefficient (Wildman–Crippen LogP) is 2.93. The first-order valence-electron chi connectivity index (χ1n) is 6.90. The maximum atomic E-state index is 12.5. The van der Waals surface area contributed by atoms with E-state index in [9.17, 15) is 18.0 Å². The molecule has 25 heavy (non-hydrogen) atoms. The van der Waals surface area contributed by atoms with Crippen LogP contribution >= 0.6 is 11.6 Å². The maximum Gasteiger partial charge on any atom is 0.337 e. The van der Waals surface area contributed by atoms with E-state index in [1.807, 2.05) is 0 Å². The predicted molar refractivity (Wildman–Crippen MR) is 91.7 cm³/mol. The average Bonchev–Trinajstić information content (AvgIpc) is 2.55. The molecule has 0 aromatic heterocycles. The number of hydrogen-bond acceptors (Lipinski definition) is 5. The molecule has 0 heterocycles. The number of carbonyl (C=O) groups is 2. The van der Waals surface area contributed by atoms with Gasteiger partial charge in [-0.15, -0.1) is 0 Å². The fourth-order valence-corrected chi connectivity index (χ4v) is 3.36. The summed E-state index contributed by atoms with van der Waals surface area (Å²) in [7, 11) is -2.87. The molecule has 0 saturated heterocycles. The molecular weight excluding hydrogens is 370 g/mol. The number of aromatic carboxylic acids is 1. The Kier molecular flexibility index (Phi) is 5.34. The summed E-state index contributed by atoms with van der Waals surface area (Å²) in [5.74, 6) is -1.95. The average molecular weight is 384 g/mol. The van der Waals surface area contributed by atoms with Crippen molar-refractivity contribution in [3.63, 3.8) is 0 Å². The molecule has 0 bridgehead atoms. The van der Waals surface area contributed by atoms with E-state index in [0.717, 1.165) is 6.07 Å². The Bertz CT molecular complexity index is 955.